The summed E-state index contributed by atoms with van der Waals surface area (Å²) in [5, 5.41) is 3.49. The first-order chi connectivity index (χ1) is 10.5. The molecule has 118 valence electrons. The van der Waals surface area contributed by atoms with Crippen LogP contribution in [0.25, 0.3) is 11.5 Å². The van der Waals surface area contributed by atoms with Gasteiger partial charge in [0.05, 0.1) is 13.2 Å². The van der Waals surface area contributed by atoms with Gasteiger partial charge in [0, 0.05) is 13.1 Å². The first kappa shape index (κ1) is 14.7. The van der Waals surface area contributed by atoms with Crippen LogP contribution in [-0.4, -0.2) is 36.4 Å². The molecule has 0 atom stereocenters. The van der Waals surface area contributed by atoms with Gasteiger partial charge in [-0.3, -0.25) is 0 Å². The van der Waals surface area contributed by atoms with Crippen molar-refractivity contribution >= 4 is 5.95 Å². The van der Waals surface area contributed by atoms with Gasteiger partial charge in [-0.05, 0) is 5.16 Å². The molecule has 0 saturated carbocycles. The van der Waals surface area contributed by atoms with Crippen LogP contribution in [-0.2, 0) is 4.74 Å². The summed E-state index contributed by atoms with van der Waals surface area (Å²) < 4.78 is 76.4. The van der Waals surface area contributed by atoms with E-state index in [1.54, 1.807) is 4.90 Å². The van der Waals surface area contributed by atoms with E-state index in [-0.39, 0.29) is 5.95 Å². The molecule has 2 heterocycles. The number of ether oxygens (including phenoxy) is 1. The Balaban J connectivity index is 2.03. The van der Waals surface area contributed by atoms with E-state index in [0.29, 0.717) is 26.3 Å². The normalized spacial score (nSPS) is 15.4. The minimum atomic E-state index is -2.24. The predicted molar refractivity (Wildman–Crippen MR) is 62.6 cm³/mol. The highest BCUT2D eigenvalue weighted by Gasteiger charge is 2.30. The minimum Gasteiger partial charge on any atom is -0.378 e. The second-order valence-corrected chi connectivity index (χ2v) is 4.44. The molecule has 1 aromatic carbocycles. The summed E-state index contributed by atoms with van der Waals surface area (Å²) in [7, 11) is 0. The molecular weight excluding hydrogens is 313 g/mol. The molecule has 3 rings (SSSR count). The van der Waals surface area contributed by atoms with Crippen LogP contribution >= 0.6 is 0 Å². The molecule has 0 unspecified atom stereocenters. The molecule has 1 aromatic heterocycles. The third-order valence-electron chi connectivity index (χ3n) is 3.13. The maximum atomic E-state index is 13.7. The number of benzene rings is 1. The second-order valence-electron chi connectivity index (χ2n) is 4.44. The largest absolute Gasteiger partial charge is 0.378 e. The lowest BCUT2D eigenvalue weighted by Gasteiger charge is -2.24. The topological polar surface area (TPSA) is 51.4 Å². The third-order valence-corrected chi connectivity index (χ3v) is 3.13. The Morgan fingerprint density at radius 1 is 0.818 bits per heavy atom. The van der Waals surface area contributed by atoms with Crippen LogP contribution in [0.4, 0.5) is 27.9 Å². The zero-order valence-corrected chi connectivity index (χ0v) is 10.9. The number of morpholine rings is 1. The fourth-order valence-electron chi connectivity index (χ4n) is 2.00. The van der Waals surface area contributed by atoms with Crippen molar-refractivity contribution in [3.8, 4) is 11.5 Å². The Kier molecular flexibility index (Phi) is 3.69. The summed E-state index contributed by atoms with van der Waals surface area (Å²) >= 11 is 0. The van der Waals surface area contributed by atoms with Crippen molar-refractivity contribution in [2.45, 2.75) is 0 Å². The van der Waals surface area contributed by atoms with E-state index in [1.807, 2.05) is 0 Å². The highest BCUT2D eigenvalue weighted by atomic mass is 19.2. The maximum Gasteiger partial charge on any atom is 0.266 e. The molecule has 0 bridgehead atoms. The Morgan fingerprint density at radius 2 is 1.36 bits per heavy atom. The molecule has 2 aromatic rings. The van der Waals surface area contributed by atoms with Gasteiger partial charge in [0.25, 0.3) is 11.8 Å². The lowest BCUT2D eigenvalue weighted by Crippen LogP contribution is -2.36. The lowest BCUT2D eigenvalue weighted by molar-refractivity contribution is 0.121. The average Bonchev–Trinajstić information content (AvgIpc) is 3.02. The number of anilines is 1. The van der Waals surface area contributed by atoms with E-state index in [1.165, 1.54) is 0 Å². The zero-order valence-electron chi connectivity index (χ0n) is 10.9. The minimum absolute atomic E-state index is 0.0118. The fraction of sp³-hybridized carbons (Fsp3) is 0.333. The Bertz CT molecular complexity index is 686. The van der Waals surface area contributed by atoms with Gasteiger partial charge in [0.1, 0.15) is 5.56 Å². The van der Waals surface area contributed by atoms with Gasteiger partial charge in [-0.2, -0.15) is 4.98 Å². The van der Waals surface area contributed by atoms with Gasteiger partial charge >= 0.3 is 0 Å². The summed E-state index contributed by atoms with van der Waals surface area (Å²) in [4.78, 5) is 5.29. The van der Waals surface area contributed by atoms with Gasteiger partial charge in [-0.25, -0.2) is 22.0 Å². The Labute approximate surface area is 120 Å². The van der Waals surface area contributed by atoms with Gasteiger partial charge in [0.2, 0.25) is 5.82 Å². The first-order valence-electron chi connectivity index (χ1n) is 6.19. The highest BCUT2D eigenvalue weighted by Crippen LogP contribution is 2.31. The number of hydrogen-bond donors (Lipinski definition) is 0. The predicted octanol–water partition coefficient (Wildman–Crippen LogP) is 2.27. The fourth-order valence-corrected chi connectivity index (χ4v) is 2.00. The average molecular weight is 321 g/mol. The van der Waals surface area contributed by atoms with Gasteiger partial charge in [0.15, 0.2) is 23.3 Å². The Hall–Kier alpha value is -2.23. The molecule has 1 fully saturated rings. The molecule has 10 heteroatoms. The van der Waals surface area contributed by atoms with Crippen molar-refractivity contribution in [3.05, 3.63) is 29.1 Å². The van der Waals surface area contributed by atoms with E-state index in [9.17, 15) is 22.0 Å². The van der Waals surface area contributed by atoms with Crippen LogP contribution in [0.3, 0.4) is 0 Å². The summed E-state index contributed by atoms with van der Waals surface area (Å²) in [5.74, 6) is -11.2. The van der Waals surface area contributed by atoms with Crippen molar-refractivity contribution in [1.82, 2.24) is 10.1 Å². The zero-order chi connectivity index (χ0) is 15.9. The maximum absolute atomic E-state index is 13.7. The third kappa shape index (κ3) is 2.28. The lowest BCUT2D eigenvalue weighted by atomic mass is 10.1. The van der Waals surface area contributed by atoms with Crippen molar-refractivity contribution in [1.29, 1.82) is 0 Å². The SMILES string of the molecule is Fc1c(F)c(F)c(-c2nc(N3CCOCC3)no2)c(F)c1F. The van der Waals surface area contributed by atoms with Crippen LogP contribution in [0, 0.1) is 29.1 Å². The Morgan fingerprint density at radius 3 is 1.95 bits per heavy atom. The van der Waals surface area contributed by atoms with E-state index in [4.69, 9.17) is 4.74 Å². The quantitative estimate of drug-likeness (QED) is 0.482. The van der Waals surface area contributed by atoms with Crippen LogP contribution < -0.4 is 4.90 Å². The number of rotatable bonds is 2. The molecule has 0 aliphatic carbocycles. The molecule has 0 spiro atoms. The molecule has 5 nitrogen and oxygen atoms in total. The molecule has 0 amide bonds. The summed E-state index contributed by atoms with van der Waals surface area (Å²) in [6.07, 6.45) is 0. The number of nitrogens with zero attached hydrogens (tertiary/aromatic N) is 3. The molecule has 0 radical (unpaired) electrons. The van der Waals surface area contributed by atoms with Crippen molar-refractivity contribution in [2.75, 3.05) is 31.2 Å². The van der Waals surface area contributed by atoms with Crippen LogP contribution in [0.2, 0.25) is 0 Å². The molecular formula is C12H8F5N3O2. The van der Waals surface area contributed by atoms with Crippen LogP contribution in [0.15, 0.2) is 4.52 Å². The van der Waals surface area contributed by atoms with Gasteiger partial charge in [-0.1, -0.05) is 0 Å². The molecule has 1 aliphatic heterocycles. The van der Waals surface area contributed by atoms with Gasteiger partial charge in [-0.15, -0.1) is 0 Å². The smallest absolute Gasteiger partial charge is 0.266 e. The summed E-state index contributed by atoms with van der Waals surface area (Å²) in [5.41, 5.74) is -1.25. The second kappa shape index (κ2) is 5.52. The van der Waals surface area contributed by atoms with E-state index in [0.717, 1.165) is 0 Å². The standard InChI is InChI=1S/C12H8F5N3O2/c13-6-5(7(14)9(16)10(17)8(6)15)11-18-12(19-22-11)20-1-3-21-4-2-20/h1-4H2. The van der Waals surface area contributed by atoms with Crippen LogP contribution in [0.1, 0.15) is 0 Å². The molecule has 22 heavy (non-hydrogen) atoms. The van der Waals surface area contributed by atoms with Crippen molar-refractivity contribution < 1.29 is 31.2 Å². The van der Waals surface area contributed by atoms with Crippen molar-refractivity contribution in [2.24, 2.45) is 0 Å². The molecule has 1 aliphatic rings. The number of halogens is 5. The molecule has 0 N–H and O–H groups in total. The summed E-state index contributed by atoms with van der Waals surface area (Å²) in [6.45, 7) is 1.62. The van der Waals surface area contributed by atoms with E-state index < -0.39 is 40.5 Å². The highest BCUT2D eigenvalue weighted by molar-refractivity contribution is 5.57. The van der Waals surface area contributed by atoms with E-state index >= 15 is 0 Å². The first-order valence-corrected chi connectivity index (χ1v) is 6.19. The van der Waals surface area contributed by atoms with E-state index in [2.05, 4.69) is 14.7 Å². The molecule has 1 saturated heterocycles. The number of aromatic nitrogens is 2. The number of hydrogen-bond acceptors (Lipinski definition) is 5. The van der Waals surface area contributed by atoms with Gasteiger partial charge < -0.3 is 14.2 Å². The summed E-state index contributed by atoms with van der Waals surface area (Å²) in [6, 6.07) is 0. The van der Waals surface area contributed by atoms with Crippen molar-refractivity contribution in [3.63, 3.8) is 0 Å². The monoisotopic (exact) mass is 321 g/mol. The van der Waals surface area contributed by atoms with Crippen LogP contribution in [0.5, 0.6) is 0 Å².